The predicted molar refractivity (Wildman–Crippen MR) is 77.1 cm³/mol. The number of aromatic amines is 1. The largest absolute Gasteiger partial charge is 0.435 e. The molecule has 4 nitrogen and oxygen atoms in total. The molecule has 2 rings (SSSR count). The highest BCUT2D eigenvalue weighted by molar-refractivity contribution is 5.60. The van der Waals surface area contributed by atoms with Crippen LogP contribution in [0.5, 0.6) is 5.75 Å². The molecule has 1 atom stereocenters. The van der Waals surface area contributed by atoms with Crippen molar-refractivity contribution in [1.29, 1.82) is 0 Å². The summed E-state index contributed by atoms with van der Waals surface area (Å²) < 4.78 is 28.9. The van der Waals surface area contributed by atoms with Gasteiger partial charge in [-0.15, -0.1) is 0 Å². The maximum absolute atomic E-state index is 12.2. The zero-order chi connectivity index (χ0) is 15.5. The molecule has 21 heavy (non-hydrogen) atoms. The fourth-order valence-corrected chi connectivity index (χ4v) is 2.24. The molecule has 0 radical (unpaired) electrons. The number of nitrogens with one attached hydrogen (secondary N) is 1. The topological polar surface area (TPSA) is 63.9 Å². The summed E-state index contributed by atoms with van der Waals surface area (Å²) in [7, 11) is 0. The van der Waals surface area contributed by atoms with Gasteiger partial charge >= 0.3 is 6.61 Å². The Morgan fingerprint density at radius 3 is 2.86 bits per heavy atom. The van der Waals surface area contributed by atoms with Gasteiger partial charge in [0.1, 0.15) is 11.6 Å². The van der Waals surface area contributed by atoms with Gasteiger partial charge in [-0.2, -0.15) is 8.78 Å². The van der Waals surface area contributed by atoms with Crippen molar-refractivity contribution in [3.63, 3.8) is 0 Å². The average Bonchev–Trinajstić information content (AvgIpc) is 2.88. The second-order valence-corrected chi connectivity index (χ2v) is 5.22. The van der Waals surface area contributed by atoms with E-state index in [1.165, 1.54) is 12.1 Å². The van der Waals surface area contributed by atoms with Crippen LogP contribution in [0.25, 0.3) is 11.3 Å². The molecule has 0 bridgehead atoms. The van der Waals surface area contributed by atoms with Crippen molar-refractivity contribution in [2.24, 2.45) is 5.73 Å². The van der Waals surface area contributed by atoms with Gasteiger partial charge < -0.3 is 15.5 Å². The Balaban J connectivity index is 2.25. The molecule has 0 aliphatic rings. The number of nitrogens with zero attached hydrogens (tertiary/aromatic N) is 1. The SMILES string of the molecule is CCCC(C)(N)c1ncc(-c2cccc(OC(F)F)c2)[nH]1. The number of H-pyrrole nitrogens is 1. The van der Waals surface area contributed by atoms with Crippen molar-refractivity contribution in [2.45, 2.75) is 38.8 Å². The first-order valence-corrected chi connectivity index (χ1v) is 6.82. The lowest BCUT2D eigenvalue weighted by Gasteiger charge is -2.21. The molecule has 6 heteroatoms. The number of hydrogen-bond donors (Lipinski definition) is 2. The maximum Gasteiger partial charge on any atom is 0.387 e. The molecule has 0 aliphatic carbocycles. The number of hydrogen-bond acceptors (Lipinski definition) is 3. The van der Waals surface area contributed by atoms with Crippen molar-refractivity contribution in [3.05, 3.63) is 36.3 Å². The van der Waals surface area contributed by atoms with Crippen molar-refractivity contribution in [3.8, 4) is 17.0 Å². The summed E-state index contributed by atoms with van der Waals surface area (Å²) in [5.41, 5.74) is 7.12. The third kappa shape index (κ3) is 3.78. The highest BCUT2D eigenvalue weighted by Crippen LogP contribution is 2.26. The van der Waals surface area contributed by atoms with Crippen LogP contribution in [0, 0.1) is 0 Å². The lowest BCUT2D eigenvalue weighted by Crippen LogP contribution is -2.34. The van der Waals surface area contributed by atoms with Crippen molar-refractivity contribution in [2.75, 3.05) is 0 Å². The maximum atomic E-state index is 12.2. The summed E-state index contributed by atoms with van der Waals surface area (Å²) in [5, 5.41) is 0. The van der Waals surface area contributed by atoms with Crippen molar-refractivity contribution < 1.29 is 13.5 Å². The molecule has 0 spiro atoms. The van der Waals surface area contributed by atoms with Gasteiger partial charge in [-0.25, -0.2) is 4.98 Å². The Kier molecular flexibility index (Phi) is 4.57. The number of ether oxygens (including phenoxy) is 1. The molecule has 0 aliphatic heterocycles. The number of imidazole rings is 1. The second kappa shape index (κ2) is 6.22. The van der Waals surface area contributed by atoms with E-state index in [0.717, 1.165) is 24.1 Å². The number of benzene rings is 1. The van der Waals surface area contributed by atoms with E-state index < -0.39 is 12.2 Å². The summed E-state index contributed by atoms with van der Waals surface area (Å²) in [6.45, 7) is 1.13. The van der Waals surface area contributed by atoms with Gasteiger partial charge in [0.05, 0.1) is 17.4 Å². The van der Waals surface area contributed by atoms with E-state index in [4.69, 9.17) is 5.73 Å². The van der Waals surface area contributed by atoms with Crippen molar-refractivity contribution >= 4 is 0 Å². The zero-order valence-corrected chi connectivity index (χ0v) is 12.1. The van der Waals surface area contributed by atoms with Gasteiger partial charge in [-0.1, -0.05) is 25.5 Å². The molecule has 0 saturated carbocycles. The van der Waals surface area contributed by atoms with Crippen LogP contribution in [0.15, 0.2) is 30.5 Å². The van der Waals surface area contributed by atoms with Crippen LogP contribution in [0.1, 0.15) is 32.5 Å². The highest BCUT2D eigenvalue weighted by atomic mass is 19.3. The number of nitrogens with two attached hydrogens (primary N) is 1. The van der Waals surface area contributed by atoms with Crippen LogP contribution >= 0.6 is 0 Å². The molecule has 114 valence electrons. The molecule has 1 aromatic carbocycles. The zero-order valence-electron chi connectivity index (χ0n) is 12.1. The van der Waals surface area contributed by atoms with E-state index in [-0.39, 0.29) is 5.75 Å². The fraction of sp³-hybridized carbons (Fsp3) is 0.400. The number of halogens is 2. The number of rotatable bonds is 6. The molecule has 0 saturated heterocycles. The molecular weight excluding hydrogens is 276 g/mol. The van der Waals surface area contributed by atoms with E-state index in [2.05, 4.69) is 21.6 Å². The average molecular weight is 295 g/mol. The first kappa shape index (κ1) is 15.4. The summed E-state index contributed by atoms with van der Waals surface area (Å²) in [5.74, 6) is 0.794. The molecule has 1 unspecified atom stereocenters. The molecule has 3 N–H and O–H groups in total. The fourth-order valence-electron chi connectivity index (χ4n) is 2.24. The monoisotopic (exact) mass is 295 g/mol. The molecule has 0 amide bonds. The summed E-state index contributed by atoms with van der Waals surface area (Å²) in [6.07, 6.45) is 3.40. The molecular formula is C15H19F2N3O. The normalized spacial score (nSPS) is 14.2. The Hall–Kier alpha value is -1.95. The van der Waals surface area contributed by atoms with E-state index in [1.54, 1.807) is 18.3 Å². The van der Waals surface area contributed by atoms with E-state index in [0.29, 0.717) is 5.82 Å². The molecule has 1 heterocycles. The van der Waals surface area contributed by atoms with Crippen LogP contribution in [0.4, 0.5) is 8.78 Å². The molecule has 1 aromatic heterocycles. The quantitative estimate of drug-likeness (QED) is 0.855. The third-order valence-corrected chi connectivity index (χ3v) is 3.26. The van der Waals surface area contributed by atoms with E-state index in [9.17, 15) is 8.78 Å². The second-order valence-electron chi connectivity index (χ2n) is 5.22. The number of aromatic nitrogens is 2. The minimum atomic E-state index is -2.84. The molecule has 0 fully saturated rings. The predicted octanol–water partition coefficient (Wildman–Crippen LogP) is 3.65. The first-order valence-electron chi connectivity index (χ1n) is 6.82. The molecule has 2 aromatic rings. The minimum Gasteiger partial charge on any atom is -0.435 e. The van der Waals surface area contributed by atoms with Crippen LogP contribution in [0.3, 0.4) is 0 Å². The van der Waals surface area contributed by atoms with Crippen LogP contribution in [-0.4, -0.2) is 16.6 Å². The van der Waals surface area contributed by atoms with Crippen molar-refractivity contribution in [1.82, 2.24) is 9.97 Å². The van der Waals surface area contributed by atoms with Gasteiger partial charge in [0.25, 0.3) is 0 Å². The smallest absolute Gasteiger partial charge is 0.387 e. The van der Waals surface area contributed by atoms with E-state index >= 15 is 0 Å². The Labute approximate surface area is 122 Å². The lowest BCUT2D eigenvalue weighted by molar-refractivity contribution is -0.0498. The van der Waals surface area contributed by atoms with E-state index in [1.807, 2.05) is 6.92 Å². The Bertz CT molecular complexity index is 596. The van der Waals surface area contributed by atoms with Crippen LogP contribution in [-0.2, 0) is 5.54 Å². The highest BCUT2D eigenvalue weighted by Gasteiger charge is 2.23. The Morgan fingerprint density at radius 2 is 2.19 bits per heavy atom. The van der Waals surface area contributed by atoms with Crippen LogP contribution in [0.2, 0.25) is 0 Å². The first-order chi connectivity index (χ1) is 9.92. The Morgan fingerprint density at radius 1 is 1.43 bits per heavy atom. The van der Waals surface area contributed by atoms with Crippen LogP contribution < -0.4 is 10.5 Å². The standard InChI is InChI=1S/C15H19F2N3O/c1-3-7-15(2,18)13-19-9-12(20-13)10-5-4-6-11(8-10)21-14(16)17/h4-6,8-9,14H,3,7,18H2,1-2H3,(H,19,20). The third-order valence-electron chi connectivity index (χ3n) is 3.26. The van der Waals surface area contributed by atoms with Gasteiger partial charge in [-0.3, -0.25) is 0 Å². The van der Waals surface area contributed by atoms with Gasteiger partial charge in [0.15, 0.2) is 0 Å². The number of alkyl halides is 2. The van der Waals surface area contributed by atoms with Gasteiger partial charge in [0, 0.05) is 5.56 Å². The van der Waals surface area contributed by atoms with Gasteiger partial charge in [0.2, 0.25) is 0 Å². The van der Waals surface area contributed by atoms with Gasteiger partial charge in [-0.05, 0) is 25.5 Å². The lowest BCUT2D eigenvalue weighted by atomic mass is 9.97. The minimum absolute atomic E-state index is 0.114. The summed E-state index contributed by atoms with van der Waals surface area (Å²) in [4.78, 5) is 7.46. The summed E-state index contributed by atoms with van der Waals surface area (Å²) in [6, 6.07) is 6.47. The summed E-state index contributed by atoms with van der Waals surface area (Å²) >= 11 is 0.